The van der Waals surface area contributed by atoms with Crippen LogP contribution in [0, 0.1) is 0 Å². The maximum absolute atomic E-state index is 12.5. The van der Waals surface area contributed by atoms with Crippen LogP contribution in [-0.2, 0) is 0 Å². The van der Waals surface area contributed by atoms with Crippen molar-refractivity contribution >= 4 is 5.96 Å². The summed E-state index contributed by atoms with van der Waals surface area (Å²) in [4.78, 5) is 8.17. The minimum absolute atomic E-state index is 0.0189. The van der Waals surface area contributed by atoms with E-state index in [1.807, 2.05) is 0 Å². The fraction of sp³-hybridized carbons (Fsp3) is 0.938. The molecule has 8 heteroatoms. The highest BCUT2D eigenvalue weighted by atomic mass is 19.4. The SMILES string of the molecule is CCC(CNC(=NC)NC1CCN(CC(F)(F)F)C1)N1CCCC1. The molecule has 0 aromatic heterocycles. The highest BCUT2D eigenvalue weighted by Gasteiger charge is 2.34. The summed E-state index contributed by atoms with van der Waals surface area (Å²) in [6.07, 6.45) is 0.187. The second-order valence-corrected chi connectivity index (χ2v) is 6.74. The lowest BCUT2D eigenvalue weighted by atomic mass is 10.2. The van der Waals surface area contributed by atoms with Crippen LogP contribution in [0.1, 0.15) is 32.6 Å². The Bertz CT molecular complexity index is 407. The van der Waals surface area contributed by atoms with Crippen LogP contribution in [0.2, 0.25) is 0 Å². The average molecular weight is 349 g/mol. The van der Waals surface area contributed by atoms with Crippen LogP contribution in [0.25, 0.3) is 0 Å². The summed E-state index contributed by atoms with van der Waals surface area (Å²) in [6, 6.07) is 0.502. The van der Waals surface area contributed by atoms with Gasteiger partial charge in [-0.05, 0) is 38.8 Å². The molecular weight excluding hydrogens is 319 g/mol. The van der Waals surface area contributed by atoms with Gasteiger partial charge in [-0.3, -0.25) is 14.8 Å². The van der Waals surface area contributed by atoms with Crippen LogP contribution >= 0.6 is 0 Å². The van der Waals surface area contributed by atoms with E-state index in [4.69, 9.17) is 0 Å². The molecule has 2 rings (SSSR count). The van der Waals surface area contributed by atoms with Crippen molar-refractivity contribution in [1.29, 1.82) is 0 Å². The average Bonchev–Trinajstić information content (AvgIpc) is 3.17. The second-order valence-electron chi connectivity index (χ2n) is 6.74. The fourth-order valence-corrected chi connectivity index (χ4v) is 3.59. The van der Waals surface area contributed by atoms with Crippen LogP contribution in [0.15, 0.2) is 4.99 Å². The molecule has 2 unspecified atom stereocenters. The topological polar surface area (TPSA) is 42.9 Å². The van der Waals surface area contributed by atoms with Gasteiger partial charge >= 0.3 is 6.18 Å². The molecule has 0 aliphatic carbocycles. The van der Waals surface area contributed by atoms with Gasteiger partial charge in [0.15, 0.2) is 5.96 Å². The van der Waals surface area contributed by atoms with Crippen LogP contribution in [-0.4, -0.2) is 80.3 Å². The van der Waals surface area contributed by atoms with Gasteiger partial charge in [0, 0.05) is 38.8 Å². The number of hydrogen-bond donors (Lipinski definition) is 2. The Morgan fingerprint density at radius 2 is 1.96 bits per heavy atom. The van der Waals surface area contributed by atoms with Gasteiger partial charge in [0.2, 0.25) is 0 Å². The van der Waals surface area contributed by atoms with Gasteiger partial charge in [0.05, 0.1) is 6.54 Å². The monoisotopic (exact) mass is 349 g/mol. The molecule has 2 N–H and O–H groups in total. The number of aliphatic imine (C=N–C) groups is 1. The number of rotatable bonds is 6. The van der Waals surface area contributed by atoms with Gasteiger partial charge in [-0.15, -0.1) is 0 Å². The normalized spacial score (nSPS) is 25.2. The Morgan fingerprint density at radius 3 is 2.54 bits per heavy atom. The number of alkyl halides is 3. The van der Waals surface area contributed by atoms with Crippen LogP contribution < -0.4 is 10.6 Å². The van der Waals surface area contributed by atoms with E-state index in [1.165, 1.54) is 17.7 Å². The summed E-state index contributed by atoms with van der Waals surface area (Å²) < 4.78 is 37.4. The fourth-order valence-electron chi connectivity index (χ4n) is 3.59. The predicted molar refractivity (Wildman–Crippen MR) is 90.3 cm³/mol. The predicted octanol–water partition coefficient (Wildman–Crippen LogP) is 1.66. The van der Waals surface area contributed by atoms with Crippen molar-refractivity contribution in [2.45, 2.75) is 50.9 Å². The van der Waals surface area contributed by atoms with Crippen molar-refractivity contribution < 1.29 is 13.2 Å². The number of guanidine groups is 1. The van der Waals surface area contributed by atoms with E-state index in [9.17, 15) is 13.2 Å². The second kappa shape index (κ2) is 8.89. The minimum Gasteiger partial charge on any atom is -0.355 e. The maximum Gasteiger partial charge on any atom is 0.401 e. The zero-order valence-corrected chi connectivity index (χ0v) is 14.7. The first kappa shape index (κ1) is 19.3. The first-order valence-electron chi connectivity index (χ1n) is 8.91. The molecule has 0 bridgehead atoms. The Hall–Kier alpha value is -1.02. The molecular formula is C16H30F3N5. The Morgan fingerprint density at radius 1 is 1.25 bits per heavy atom. The van der Waals surface area contributed by atoms with Crippen LogP contribution in [0.3, 0.4) is 0 Å². The first-order valence-corrected chi connectivity index (χ1v) is 8.91. The molecule has 0 spiro atoms. The molecule has 2 aliphatic heterocycles. The molecule has 24 heavy (non-hydrogen) atoms. The molecule has 0 amide bonds. The van der Waals surface area contributed by atoms with Gasteiger partial charge in [0.1, 0.15) is 0 Å². The highest BCUT2D eigenvalue weighted by molar-refractivity contribution is 5.80. The van der Waals surface area contributed by atoms with E-state index >= 15 is 0 Å². The number of likely N-dealkylation sites (tertiary alicyclic amines) is 2. The van der Waals surface area contributed by atoms with Gasteiger partial charge in [-0.25, -0.2) is 0 Å². The summed E-state index contributed by atoms with van der Waals surface area (Å²) >= 11 is 0. The number of nitrogens with one attached hydrogen (secondary N) is 2. The standard InChI is InChI=1S/C16H30F3N5/c1-3-14(24-7-4-5-8-24)10-21-15(20-2)22-13-6-9-23(11-13)12-16(17,18)19/h13-14H,3-12H2,1-2H3,(H2,20,21,22). The van der Waals surface area contributed by atoms with Crippen molar-refractivity contribution in [2.75, 3.05) is 46.3 Å². The largest absolute Gasteiger partial charge is 0.401 e. The molecule has 0 aromatic rings. The van der Waals surface area contributed by atoms with Crippen molar-refractivity contribution in [3.8, 4) is 0 Å². The van der Waals surface area contributed by atoms with E-state index in [0.717, 1.165) is 26.1 Å². The lowest BCUT2D eigenvalue weighted by Crippen LogP contribution is -2.49. The quantitative estimate of drug-likeness (QED) is 0.565. The third-order valence-corrected chi connectivity index (χ3v) is 4.87. The number of nitrogens with zero attached hydrogens (tertiary/aromatic N) is 3. The van der Waals surface area contributed by atoms with Crippen LogP contribution in [0.5, 0.6) is 0 Å². The molecule has 2 fully saturated rings. The molecule has 2 aliphatic rings. The first-order chi connectivity index (χ1) is 11.4. The lowest BCUT2D eigenvalue weighted by molar-refractivity contribution is -0.143. The third-order valence-electron chi connectivity index (χ3n) is 4.87. The van der Waals surface area contributed by atoms with Crippen molar-refractivity contribution in [2.24, 2.45) is 4.99 Å². The minimum atomic E-state index is -4.13. The molecule has 2 saturated heterocycles. The Kier molecular flexibility index (Phi) is 7.16. The van der Waals surface area contributed by atoms with E-state index in [0.29, 0.717) is 31.5 Å². The lowest BCUT2D eigenvalue weighted by Gasteiger charge is -2.28. The van der Waals surface area contributed by atoms with E-state index in [-0.39, 0.29) is 6.04 Å². The van der Waals surface area contributed by atoms with Crippen molar-refractivity contribution in [1.82, 2.24) is 20.4 Å². The summed E-state index contributed by atoms with van der Waals surface area (Å²) in [5, 5.41) is 6.61. The summed E-state index contributed by atoms with van der Waals surface area (Å²) in [6.45, 7) is 5.36. The molecule has 0 radical (unpaired) electrons. The van der Waals surface area contributed by atoms with Crippen molar-refractivity contribution in [3.05, 3.63) is 0 Å². The van der Waals surface area contributed by atoms with Gasteiger partial charge in [-0.1, -0.05) is 6.92 Å². The highest BCUT2D eigenvalue weighted by Crippen LogP contribution is 2.20. The molecule has 0 saturated carbocycles. The smallest absolute Gasteiger partial charge is 0.355 e. The van der Waals surface area contributed by atoms with E-state index < -0.39 is 12.7 Å². The maximum atomic E-state index is 12.5. The molecule has 0 aromatic carbocycles. The molecule has 140 valence electrons. The van der Waals surface area contributed by atoms with Crippen molar-refractivity contribution in [3.63, 3.8) is 0 Å². The zero-order chi connectivity index (χ0) is 17.6. The van der Waals surface area contributed by atoms with Gasteiger partial charge in [-0.2, -0.15) is 13.2 Å². The summed E-state index contributed by atoms with van der Waals surface area (Å²) in [7, 11) is 1.70. The van der Waals surface area contributed by atoms with Gasteiger partial charge in [0.25, 0.3) is 0 Å². The van der Waals surface area contributed by atoms with E-state index in [1.54, 1.807) is 7.05 Å². The van der Waals surface area contributed by atoms with Gasteiger partial charge < -0.3 is 10.6 Å². The Balaban J connectivity index is 1.74. The van der Waals surface area contributed by atoms with E-state index in [2.05, 4.69) is 27.4 Å². The molecule has 5 nitrogen and oxygen atoms in total. The molecule has 2 atom stereocenters. The summed E-state index contributed by atoms with van der Waals surface area (Å²) in [5.74, 6) is 0.687. The van der Waals surface area contributed by atoms with Crippen LogP contribution in [0.4, 0.5) is 13.2 Å². The molecule has 2 heterocycles. The number of halogens is 3. The number of hydrogen-bond acceptors (Lipinski definition) is 3. The zero-order valence-electron chi connectivity index (χ0n) is 14.7. The Labute approximate surface area is 142 Å². The summed E-state index contributed by atoms with van der Waals surface area (Å²) in [5.41, 5.74) is 0. The third kappa shape index (κ3) is 6.12.